The predicted octanol–water partition coefficient (Wildman–Crippen LogP) is 4.90. The van der Waals surface area contributed by atoms with Crippen LogP contribution in [0.2, 0.25) is 0 Å². The number of aryl methyl sites for hydroxylation is 1. The summed E-state index contributed by atoms with van der Waals surface area (Å²) in [4.78, 5) is 38.2. The van der Waals surface area contributed by atoms with E-state index in [1.54, 1.807) is 6.92 Å². The first-order valence-electron chi connectivity index (χ1n) is 10.9. The Kier molecular flexibility index (Phi) is 9.49. The molecule has 2 heterocycles. The Morgan fingerprint density at radius 1 is 1.03 bits per heavy atom. The molecule has 3 rings (SSSR count). The maximum absolute atomic E-state index is 12.6. The molecule has 0 aliphatic heterocycles. The van der Waals surface area contributed by atoms with Crippen LogP contribution in [0, 0.1) is 0 Å². The van der Waals surface area contributed by atoms with E-state index in [0.29, 0.717) is 33.1 Å². The molecule has 0 saturated carbocycles. The largest absolute Gasteiger partial charge is 0.462 e. The van der Waals surface area contributed by atoms with E-state index in [4.69, 9.17) is 4.74 Å². The van der Waals surface area contributed by atoms with Gasteiger partial charge in [-0.1, -0.05) is 42.9 Å². The second-order valence-electron chi connectivity index (χ2n) is 7.35. The van der Waals surface area contributed by atoms with E-state index in [1.807, 2.05) is 6.92 Å². The van der Waals surface area contributed by atoms with E-state index in [0.717, 1.165) is 50.5 Å². The minimum atomic E-state index is -0.373. The number of hydrogen-bond acceptors (Lipinski definition) is 9. The first-order valence-corrected chi connectivity index (χ1v) is 13.5. The smallest absolute Gasteiger partial charge is 0.341 e. The van der Waals surface area contributed by atoms with Crippen molar-refractivity contribution in [2.24, 2.45) is 0 Å². The van der Waals surface area contributed by atoms with Crippen molar-refractivity contribution in [1.29, 1.82) is 0 Å². The summed E-state index contributed by atoms with van der Waals surface area (Å²) in [6.45, 7) is 4.10. The van der Waals surface area contributed by atoms with E-state index in [9.17, 15) is 14.4 Å². The summed E-state index contributed by atoms with van der Waals surface area (Å²) in [7, 11) is 0. The molecule has 2 amide bonds. The monoisotopic (exact) mass is 496 g/mol. The standard InChI is InChI=1S/C21H28N4O4S3/c1-3-5-11-15(26)23-20-24-25-21(32-20)30-12-16(27)22-18-17(19(28)29-4-2)13-9-7-6-8-10-14(13)31-18/h3-12H2,1-2H3,(H,22,27)(H,23,24,26). The number of esters is 1. The molecule has 0 fully saturated rings. The third-order valence-electron chi connectivity index (χ3n) is 4.89. The molecular weight excluding hydrogens is 468 g/mol. The van der Waals surface area contributed by atoms with Crippen molar-refractivity contribution in [3.8, 4) is 0 Å². The van der Waals surface area contributed by atoms with Crippen LogP contribution in [0.15, 0.2) is 4.34 Å². The van der Waals surface area contributed by atoms with Crippen molar-refractivity contribution in [1.82, 2.24) is 10.2 Å². The number of carbonyl (C=O) groups excluding carboxylic acids is 3. The van der Waals surface area contributed by atoms with Crippen LogP contribution in [0.3, 0.4) is 0 Å². The molecule has 0 spiro atoms. The number of ether oxygens (including phenoxy) is 1. The average molecular weight is 497 g/mol. The molecular formula is C21H28N4O4S3. The fourth-order valence-electron chi connectivity index (χ4n) is 3.38. The molecule has 0 radical (unpaired) electrons. The SMILES string of the molecule is CCCCC(=O)Nc1nnc(SCC(=O)Nc2sc3c(c2C(=O)OCC)CCCCC3)s1. The molecule has 0 atom stereocenters. The fraction of sp³-hybridized carbons (Fsp3) is 0.571. The topological polar surface area (TPSA) is 110 Å². The molecule has 1 aliphatic carbocycles. The van der Waals surface area contributed by atoms with Crippen molar-refractivity contribution in [3.05, 3.63) is 16.0 Å². The molecule has 2 aromatic rings. The molecule has 8 nitrogen and oxygen atoms in total. The van der Waals surface area contributed by atoms with Gasteiger partial charge in [-0.3, -0.25) is 9.59 Å². The van der Waals surface area contributed by atoms with E-state index in [-0.39, 0.29) is 23.5 Å². The van der Waals surface area contributed by atoms with Gasteiger partial charge in [0.2, 0.25) is 16.9 Å². The Morgan fingerprint density at radius 2 is 1.84 bits per heavy atom. The lowest BCUT2D eigenvalue weighted by Crippen LogP contribution is -2.16. The third-order valence-corrected chi connectivity index (χ3v) is 8.07. The lowest BCUT2D eigenvalue weighted by molar-refractivity contribution is -0.116. The second-order valence-corrected chi connectivity index (χ2v) is 10.7. The summed E-state index contributed by atoms with van der Waals surface area (Å²) in [5, 5.41) is 14.6. The highest BCUT2D eigenvalue weighted by Gasteiger charge is 2.26. The van der Waals surface area contributed by atoms with Crippen molar-refractivity contribution in [2.75, 3.05) is 23.0 Å². The third kappa shape index (κ3) is 6.76. The van der Waals surface area contributed by atoms with Crippen molar-refractivity contribution >= 4 is 62.4 Å². The number of anilines is 2. The fourth-order valence-corrected chi connectivity index (χ4v) is 6.24. The van der Waals surface area contributed by atoms with Crippen LogP contribution < -0.4 is 10.6 Å². The van der Waals surface area contributed by atoms with Crippen LogP contribution >= 0.6 is 34.4 Å². The van der Waals surface area contributed by atoms with Gasteiger partial charge >= 0.3 is 5.97 Å². The van der Waals surface area contributed by atoms with Crippen LogP contribution in [0.4, 0.5) is 10.1 Å². The minimum absolute atomic E-state index is 0.0822. The summed E-state index contributed by atoms with van der Waals surface area (Å²) < 4.78 is 5.86. The zero-order chi connectivity index (χ0) is 22.9. The lowest BCUT2D eigenvalue weighted by Gasteiger charge is -2.08. The van der Waals surface area contributed by atoms with Crippen LogP contribution in [0.25, 0.3) is 0 Å². The first-order chi connectivity index (χ1) is 15.5. The average Bonchev–Trinajstić information content (AvgIpc) is 3.27. The first kappa shape index (κ1) is 24.7. The number of thiophene rings is 1. The highest BCUT2D eigenvalue weighted by molar-refractivity contribution is 8.01. The van der Waals surface area contributed by atoms with Crippen LogP contribution in [-0.2, 0) is 27.2 Å². The van der Waals surface area contributed by atoms with Crippen LogP contribution in [-0.4, -0.2) is 40.3 Å². The Morgan fingerprint density at radius 3 is 2.62 bits per heavy atom. The number of unbranched alkanes of at least 4 members (excludes halogenated alkanes) is 1. The number of rotatable bonds is 10. The summed E-state index contributed by atoms with van der Waals surface area (Å²) in [6, 6.07) is 0. The van der Waals surface area contributed by atoms with Gasteiger partial charge in [0, 0.05) is 11.3 Å². The molecule has 2 N–H and O–H groups in total. The molecule has 0 aromatic carbocycles. The van der Waals surface area contributed by atoms with E-state index < -0.39 is 0 Å². The Bertz CT molecular complexity index is 957. The summed E-state index contributed by atoms with van der Waals surface area (Å²) in [5.74, 6) is -0.548. The highest BCUT2D eigenvalue weighted by atomic mass is 32.2. The molecule has 32 heavy (non-hydrogen) atoms. The van der Waals surface area contributed by atoms with E-state index in [1.165, 1.54) is 39.3 Å². The number of hydrogen-bond donors (Lipinski definition) is 2. The number of fused-ring (bicyclic) bond motifs is 1. The van der Waals surface area contributed by atoms with E-state index >= 15 is 0 Å². The maximum atomic E-state index is 12.6. The van der Waals surface area contributed by atoms with E-state index in [2.05, 4.69) is 20.8 Å². The molecule has 174 valence electrons. The zero-order valence-corrected chi connectivity index (χ0v) is 20.8. The normalized spacial score (nSPS) is 13.2. The Hall–Kier alpha value is -1.98. The van der Waals surface area contributed by atoms with Crippen molar-refractivity contribution in [3.63, 3.8) is 0 Å². The molecule has 0 unspecified atom stereocenters. The van der Waals surface area contributed by atoms with Gasteiger partial charge in [0.1, 0.15) is 5.00 Å². The van der Waals surface area contributed by atoms with Gasteiger partial charge < -0.3 is 15.4 Å². The maximum Gasteiger partial charge on any atom is 0.341 e. The van der Waals surface area contributed by atoms with Gasteiger partial charge in [0.15, 0.2) is 4.34 Å². The highest BCUT2D eigenvalue weighted by Crippen LogP contribution is 2.38. The van der Waals surface area contributed by atoms with Gasteiger partial charge in [-0.05, 0) is 44.6 Å². The number of thioether (sulfide) groups is 1. The van der Waals surface area contributed by atoms with Gasteiger partial charge in [-0.15, -0.1) is 21.5 Å². The molecule has 2 aromatic heterocycles. The quantitative estimate of drug-likeness (QED) is 0.208. The number of nitrogens with zero attached hydrogens (tertiary/aromatic N) is 2. The predicted molar refractivity (Wildman–Crippen MR) is 129 cm³/mol. The van der Waals surface area contributed by atoms with Gasteiger partial charge in [-0.25, -0.2) is 4.79 Å². The number of nitrogens with one attached hydrogen (secondary N) is 2. The molecule has 0 saturated heterocycles. The van der Waals surface area contributed by atoms with Crippen LogP contribution in [0.5, 0.6) is 0 Å². The van der Waals surface area contributed by atoms with Crippen LogP contribution in [0.1, 0.15) is 73.2 Å². The molecule has 1 aliphatic rings. The lowest BCUT2D eigenvalue weighted by atomic mass is 10.1. The molecule has 11 heteroatoms. The number of carbonyl (C=O) groups is 3. The minimum Gasteiger partial charge on any atom is -0.462 e. The summed E-state index contributed by atoms with van der Waals surface area (Å²) in [6.07, 6.45) is 7.26. The summed E-state index contributed by atoms with van der Waals surface area (Å²) in [5.41, 5.74) is 1.54. The van der Waals surface area contributed by atoms with Gasteiger partial charge in [0.25, 0.3) is 0 Å². The Labute approximate surface area is 199 Å². The molecule has 0 bridgehead atoms. The van der Waals surface area contributed by atoms with Crippen molar-refractivity contribution in [2.45, 2.75) is 69.6 Å². The Balaban J connectivity index is 1.60. The number of amides is 2. The van der Waals surface area contributed by atoms with Gasteiger partial charge in [0.05, 0.1) is 17.9 Å². The number of aromatic nitrogens is 2. The second kappa shape index (κ2) is 12.3. The zero-order valence-electron chi connectivity index (χ0n) is 18.3. The summed E-state index contributed by atoms with van der Waals surface area (Å²) >= 11 is 3.97. The van der Waals surface area contributed by atoms with Gasteiger partial charge in [-0.2, -0.15) is 0 Å². The van der Waals surface area contributed by atoms with Crippen molar-refractivity contribution < 1.29 is 19.1 Å².